The summed E-state index contributed by atoms with van der Waals surface area (Å²) in [6.07, 6.45) is 3.64. The number of carbonyl (C=O) groups is 1. The van der Waals surface area contributed by atoms with Crippen LogP contribution in [0.15, 0.2) is 24.3 Å². The number of hydrogen-bond acceptors (Lipinski definition) is 2. The second-order valence-electron chi connectivity index (χ2n) is 5.48. The van der Waals surface area contributed by atoms with Gasteiger partial charge >= 0.3 is 0 Å². The Kier molecular flexibility index (Phi) is 4.16. The van der Waals surface area contributed by atoms with Crippen LogP contribution in [-0.4, -0.2) is 23.4 Å². The number of amides is 1. The van der Waals surface area contributed by atoms with Crippen LogP contribution in [0, 0.1) is 0 Å². The monoisotopic (exact) mass is 280 g/mol. The highest BCUT2D eigenvalue weighted by molar-refractivity contribution is 6.31. The summed E-state index contributed by atoms with van der Waals surface area (Å²) in [7, 11) is 1.81. The molecule has 104 valence electrons. The van der Waals surface area contributed by atoms with E-state index in [1.165, 1.54) is 0 Å². The molecular weight excluding hydrogens is 260 g/mol. The third-order valence-electron chi connectivity index (χ3n) is 4.18. The highest BCUT2D eigenvalue weighted by Crippen LogP contribution is 2.32. The molecule has 0 saturated heterocycles. The van der Waals surface area contributed by atoms with Crippen molar-refractivity contribution in [1.82, 2.24) is 4.90 Å². The Balaban J connectivity index is 2.17. The average molecular weight is 281 g/mol. The number of carbonyl (C=O) groups excluding carboxylic acids is 1. The lowest BCUT2D eigenvalue weighted by molar-refractivity contribution is -0.137. The molecule has 1 aromatic rings. The van der Waals surface area contributed by atoms with Gasteiger partial charge in [-0.1, -0.05) is 42.6 Å². The Labute approximate surface area is 119 Å². The number of rotatable bonds is 3. The Hall–Kier alpha value is -1.06. The molecule has 0 aliphatic heterocycles. The predicted molar refractivity (Wildman–Crippen MR) is 78.0 cm³/mol. The third-order valence-corrected chi connectivity index (χ3v) is 4.52. The molecule has 0 aromatic heterocycles. The first kappa shape index (κ1) is 14.4. The Morgan fingerprint density at radius 3 is 2.53 bits per heavy atom. The molecule has 1 aliphatic rings. The summed E-state index contributed by atoms with van der Waals surface area (Å²) in [5.41, 5.74) is 6.52. The standard InChI is InChI=1S/C15H21ClN2O/c1-11(12-7-3-4-8-13(12)16)18(2)14(19)15(17)9-5-6-10-15/h3-4,7-8,11H,5-6,9-10,17H2,1-2H3. The first-order valence-corrected chi connectivity index (χ1v) is 7.14. The van der Waals surface area contributed by atoms with Crippen molar-refractivity contribution >= 4 is 17.5 Å². The van der Waals surface area contributed by atoms with Crippen LogP contribution in [0.2, 0.25) is 5.02 Å². The molecule has 1 aromatic carbocycles. The summed E-state index contributed by atoms with van der Waals surface area (Å²) < 4.78 is 0. The molecule has 1 amide bonds. The van der Waals surface area contributed by atoms with Gasteiger partial charge in [-0.25, -0.2) is 0 Å². The van der Waals surface area contributed by atoms with Gasteiger partial charge in [-0.2, -0.15) is 0 Å². The fourth-order valence-corrected chi connectivity index (χ4v) is 3.06. The second kappa shape index (κ2) is 5.51. The van der Waals surface area contributed by atoms with Crippen LogP contribution in [0.4, 0.5) is 0 Å². The Morgan fingerprint density at radius 1 is 1.37 bits per heavy atom. The van der Waals surface area contributed by atoms with E-state index in [2.05, 4.69) is 0 Å². The van der Waals surface area contributed by atoms with Crippen molar-refractivity contribution in [1.29, 1.82) is 0 Å². The van der Waals surface area contributed by atoms with E-state index in [0.29, 0.717) is 5.02 Å². The smallest absolute Gasteiger partial charge is 0.242 e. The maximum Gasteiger partial charge on any atom is 0.242 e. The third kappa shape index (κ3) is 2.77. The quantitative estimate of drug-likeness (QED) is 0.925. The first-order valence-electron chi connectivity index (χ1n) is 6.76. The molecule has 2 N–H and O–H groups in total. The highest BCUT2D eigenvalue weighted by atomic mass is 35.5. The minimum absolute atomic E-state index is 0.0254. The Morgan fingerprint density at radius 2 is 1.95 bits per heavy atom. The van der Waals surface area contributed by atoms with Gasteiger partial charge in [0.05, 0.1) is 11.6 Å². The van der Waals surface area contributed by atoms with Gasteiger partial charge in [0, 0.05) is 12.1 Å². The van der Waals surface area contributed by atoms with E-state index in [-0.39, 0.29) is 11.9 Å². The Bertz CT molecular complexity index is 469. The van der Waals surface area contributed by atoms with Crippen molar-refractivity contribution < 1.29 is 4.79 Å². The normalized spacial score (nSPS) is 19.2. The van der Waals surface area contributed by atoms with E-state index >= 15 is 0 Å². The summed E-state index contributed by atoms with van der Waals surface area (Å²) >= 11 is 6.19. The lowest BCUT2D eigenvalue weighted by atomic mass is 9.95. The summed E-state index contributed by atoms with van der Waals surface area (Å²) in [4.78, 5) is 14.3. The van der Waals surface area contributed by atoms with Crippen LogP contribution in [0.25, 0.3) is 0 Å². The molecule has 19 heavy (non-hydrogen) atoms. The number of halogens is 1. The van der Waals surface area contributed by atoms with E-state index in [1.807, 2.05) is 38.2 Å². The molecule has 0 radical (unpaired) electrons. The first-order chi connectivity index (χ1) is 8.96. The average Bonchev–Trinajstić information content (AvgIpc) is 2.85. The van der Waals surface area contributed by atoms with Gasteiger partial charge in [0.15, 0.2) is 0 Å². The number of benzene rings is 1. The topological polar surface area (TPSA) is 46.3 Å². The molecule has 1 atom stereocenters. The number of hydrogen-bond donors (Lipinski definition) is 1. The summed E-state index contributed by atoms with van der Waals surface area (Å²) in [5, 5.41) is 0.687. The van der Waals surface area contributed by atoms with E-state index in [9.17, 15) is 4.79 Å². The van der Waals surface area contributed by atoms with E-state index in [4.69, 9.17) is 17.3 Å². The van der Waals surface area contributed by atoms with Crippen LogP contribution in [0.3, 0.4) is 0 Å². The van der Waals surface area contributed by atoms with Crippen molar-refractivity contribution in [2.45, 2.75) is 44.2 Å². The predicted octanol–water partition coefficient (Wildman–Crippen LogP) is 3.13. The number of nitrogens with zero attached hydrogens (tertiary/aromatic N) is 1. The minimum Gasteiger partial charge on any atom is -0.337 e. The van der Waals surface area contributed by atoms with Gasteiger partial charge in [0.25, 0.3) is 0 Å². The van der Waals surface area contributed by atoms with Crippen LogP contribution >= 0.6 is 11.6 Å². The number of likely N-dealkylation sites (N-methyl/N-ethyl adjacent to an activating group) is 1. The molecule has 1 fully saturated rings. The molecule has 0 bridgehead atoms. The van der Waals surface area contributed by atoms with Gasteiger partial charge in [-0.15, -0.1) is 0 Å². The van der Waals surface area contributed by atoms with Crippen LogP contribution in [0.5, 0.6) is 0 Å². The zero-order chi connectivity index (χ0) is 14.0. The molecular formula is C15H21ClN2O. The SMILES string of the molecule is CC(c1ccccc1Cl)N(C)C(=O)C1(N)CCCC1. The molecule has 4 heteroatoms. The van der Waals surface area contributed by atoms with Gasteiger partial charge < -0.3 is 10.6 Å². The largest absolute Gasteiger partial charge is 0.337 e. The second-order valence-corrected chi connectivity index (χ2v) is 5.88. The van der Waals surface area contributed by atoms with Gasteiger partial charge in [-0.05, 0) is 31.4 Å². The van der Waals surface area contributed by atoms with Crippen molar-refractivity contribution in [2.75, 3.05) is 7.05 Å². The molecule has 1 saturated carbocycles. The lowest BCUT2D eigenvalue weighted by Gasteiger charge is -2.33. The van der Waals surface area contributed by atoms with Crippen molar-refractivity contribution in [3.63, 3.8) is 0 Å². The summed E-state index contributed by atoms with van der Waals surface area (Å²) in [5.74, 6) is 0.0254. The molecule has 0 spiro atoms. The zero-order valence-corrected chi connectivity index (χ0v) is 12.3. The molecule has 0 heterocycles. The highest BCUT2D eigenvalue weighted by Gasteiger charge is 2.40. The molecule has 2 rings (SSSR count). The number of nitrogens with two attached hydrogens (primary N) is 1. The molecule has 3 nitrogen and oxygen atoms in total. The van der Waals surface area contributed by atoms with Gasteiger partial charge in [-0.3, -0.25) is 4.79 Å². The fraction of sp³-hybridized carbons (Fsp3) is 0.533. The van der Waals surface area contributed by atoms with E-state index < -0.39 is 5.54 Å². The lowest BCUT2D eigenvalue weighted by Crippen LogP contribution is -2.52. The summed E-state index contributed by atoms with van der Waals surface area (Å²) in [6, 6.07) is 7.56. The van der Waals surface area contributed by atoms with Crippen LogP contribution in [0.1, 0.15) is 44.2 Å². The fourth-order valence-electron chi connectivity index (χ4n) is 2.77. The van der Waals surface area contributed by atoms with Crippen LogP contribution in [-0.2, 0) is 4.79 Å². The maximum atomic E-state index is 12.6. The van der Waals surface area contributed by atoms with Gasteiger partial charge in [0.1, 0.15) is 0 Å². The van der Waals surface area contributed by atoms with Gasteiger partial charge in [0.2, 0.25) is 5.91 Å². The summed E-state index contributed by atoms with van der Waals surface area (Å²) in [6.45, 7) is 1.98. The van der Waals surface area contributed by atoms with E-state index in [1.54, 1.807) is 4.90 Å². The van der Waals surface area contributed by atoms with Crippen molar-refractivity contribution in [2.24, 2.45) is 5.73 Å². The van der Waals surface area contributed by atoms with Crippen molar-refractivity contribution in [3.8, 4) is 0 Å². The van der Waals surface area contributed by atoms with E-state index in [0.717, 1.165) is 31.2 Å². The van der Waals surface area contributed by atoms with Crippen LogP contribution < -0.4 is 5.73 Å². The minimum atomic E-state index is -0.676. The maximum absolute atomic E-state index is 12.6. The molecule has 1 aliphatic carbocycles. The van der Waals surface area contributed by atoms with Crippen molar-refractivity contribution in [3.05, 3.63) is 34.9 Å². The zero-order valence-electron chi connectivity index (χ0n) is 11.5. The molecule has 1 unspecified atom stereocenters.